The van der Waals surface area contributed by atoms with Gasteiger partial charge in [0.05, 0.1) is 11.7 Å². The number of amides is 1. The summed E-state index contributed by atoms with van der Waals surface area (Å²) in [5, 5.41) is 7.55. The molecule has 1 aliphatic heterocycles. The minimum Gasteiger partial charge on any atom is -0.351 e. The minimum absolute atomic E-state index is 0.0216. The molecule has 27 heavy (non-hydrogen) atoms. The number of carbonyl (C=O) groups is 1. The molecule has 0 saturated carbocycles. The average Bonchev–Trinajstić information content (AvgIpc) is 2.97. The summed E-state index contributed by atoms with van der Waals surface area (Å²) in [6.45, 7) is 4.29. The Morgan fingerprint density at radius 1 is 1.30 bits per heavy atom. The number of fused-ring (bicyclic) bond motifs is 1. The molecule has 1 amide bonds. The summed E-state index contributed by atoms with van der Waals surface area (Å²) >= 11 is 0. The first-order chi connectivity index (χ1) is 13.0. The van der Waals surface area contributed by atoms with Gasteiger partial charge in [0.1, 0.15) is 5.52 Å². The summed E-state index contributed by atoms with van der Waals surface area (Å²) in [4.78, 5) is 21.3. The predicted octanol–water partition coefficient (Wildman–Crippen LogP) is 1.72. The molecule has 3 heterocycles. The van der Waals surface area contributed by atoms with E-state index >= 15 is 0 Å². The number of aryl methyl sites for hydroxylation is 1. The molecule has 7 heteroatoms. The summed E-state index contributed by atoms with van der Waals surface area (Å²) in [5.74, 6) is 0.892. The maximum atomic E-state index is 12.6. The van der Waals surface area contributed by atoms with Crippen molar-refractivity contribution < 1.29 is 4.79 Å². The lowest BCUT2D eigenvalue weighted by atomic mass is 10.1. The topological polar surface area (TPSA) is 65.8 Å². The van der Waals surface area contributed by atoms with Crippen LogP contribution in [-0.4, -0.2) is 58.6 Å². The number of carbonyl (C=O) groups excluding carboxylic acids is 1. The van der Waals surface area contributed by atoms with Crippen molar-refractivity contribution in [3.05, 3.63) is 59.5 Å². The third kappa shape index (κ3) is 3.64. The van der Waals surface area contributed by atoms with Gasteiger partial charge in [-0.05, 0) is 44.8 Å². The van der Waals surface area contributed by atoms with Gasteiger partial charge < -0.3 is 15.1 Å². The van der Waals surface area contributed by atoms with E-state index in [1.807, 2.05) is 62.1 Å². The Bertz CT molecular complexity index is 974. The molecule has 140 valence electrons. The summed E-state index contributed by atoms with van der Waals surface area (Å²) < 4.78 is 1.85. The number of rotatable bonds is 5. The van der Waals surface area contributed by atoms with E-state index in [-0.39, 0.29) is 11.9 Å². The lowest BCUT2D eigenvalue weighted by molar-refractivity contribution is 0.0930. The summed E-state index contributed by atoms with van der Waals surface area (Å²) in [5.41, 5.74) is 3.80. The van der Waals surface area contributed by atoms with Gasteiger partial charge in [0.2, 0.25) is 0 Å². The molecule has 0 aliphatic carbocycles. The van der Waals surface area contributed by atoms with Crippen LogP contribution >= 0.6 is 0 Å². The molecule has 1 fully saturated rings. The van der Waals surface area contributed by atoms with Gasteiger partial charge in [-0.3, -0.25) is 4.79 Å². The molecular formula is C20H24N6O. The Hall–Kier alpha value is -2.93. The zero-order valence-electron chi connectivity index (χ0n) is 15.9. The molecule has 1 aliphatic rings. The minimum atomic E-state index is -0.0216. The molecule has 0 atom stereocenters. The van der Waals surface area contributed by atoms with Gasteiger partial charge >= 0.3 is 0 Å². The quantitative estimate of drug-likeness (QED) is 0.747. The molecule has 1 N–H and O–H groups in total. The van der Waals surface area contributed by atoms with E-state index in [9.17, 15) is 4.79 Å². The van der Waals surface area contributed by atoms with E-state index in [1.54, 1.807) is 6.20 Å². The van der Waals surface area contributed by atoms with Crippen LogP contribution in [-0.2, 0) is 6.54 Å². The molecule has 2 aromatic heterocycles. The Balaban J connectivity index is 1.39. The number of nitrogens with one attached hydrogen (secondary N) is 1. The molecular weight excluding hydrogens is 340 g/mol. The SMILES string of the molecule is Cc1cc2c(N3CC(NC(=O)c4cccc(CN(C)C)c4)C3)nccn2n1. The number of hydrogen-bond donors (Lipinski definition) is 1. The first-order valence-electron chi connectivity index (χ1n) is 9.10. The fourth-order valence-electron chi connectivity index (χ4n) is 3.46. The highest BCUT2D eigenvalue weighted by atomic mass is 16.1. The molecule has 0 radical (unpaired) electrons. The largest absolute Gasteiger partial charge is 0.351 e. The number of benzene rings is 1. The summed E-state index contributed by atoms with van der Waals surface area (Å²) in [7, 11) is 4.04. The molecule has 0 bridgehead atoms. The maximum Gasteiger partial charge on any atom is 0.251 e. The zero-order valence-corrected chi connectivity index (χ0v) is 15.9. The van der Waals surface area contributed by atoms with Crippen molar-refractivity contribution in [3.8, 4) is 0 Å². The monoisotopic (exact) mass is 364 g/mol. The van der Waals surface area contributed by atoms with Crippen LogP contribution in [0.1, 0.15) is 21.6 Å². The lowest BCUT2D eigenvalue weighted by Crippen LogP contribution is -2.59. The second kappa shape index (κ2) is 7.00. The van der Waals surface area contributed by atoms with E-state index in [1.165, 1.54) is 0 Å². The fourth-order valence-corrected chi connectivity index (χ4v) is 3.46. The predicted molar refractivity (Wildman–Crippen MR) is 105 cm³/mol. The Morgan fingerprint density at radius 2 is 2.11 bits per heavy atom. The van der Waals surface area contributed by atoms with Crippen molar-refractivity contribution >= 4 is 17.2 Å². The highest BCUT2D eigenvalue weighted by Crippen LogP contribution is 2.24. The molecule has 1 aromatic carbocycles. The van der Waals surface area contributed by atoms with Gasteiger partial charge in [0, 0.05) is 37.6 Å². The highest BCUT2D eigenvalue weighted by Gasteiger charge is 2.30. The summed E-state index contributed by atoms with van der Waals surface area (Å²) in [6.07, 6.45) is 3.61. The van der Waals surface area contributed by atoms with Gasteiger partial charge in [-0.25, -0.2) is 9.50 Å². The number of aromatic nitrogens is 3. The van der Waals surface area contributed by atoms with E-state index < -0.39 is 0 Å². The molecule has 0 unspecified atom stereocenters. The average molecular weight is 364 g/mol. The van der Waals surface area contributed by atoms with Crippen LogP contribution in [0.15, 0.2) is 42.7 Å². The smallest absolute Gasteiger partial charge is 0.251 e. The van der Waals surface area contributed by atoms with E-state index in [2.05, 4.69) is 25.2 Å². The van der Waals surface area contributed by atoms with Crippen molar-refractivity contribution in [3.63, 3.8) is 0 Å². The van der Waals surface area contributed by atoms with Gasteiger partial charge in [-0.1, -0.05) is 12.1 Å². The molecule has 0 spiro atoms. The third-order valence-electron chi connectivity index (χ3n) is 4.70. The second-order valence-corrected chi connectivity index (χ2v) is 7.38. The van der Waals surface area contributed by atoms with Crippen molar-refractivity contribution in [2.24, 2.45) is 0 Å². The highest BCUT2D eigenvalue weighted by molar-refractivity contribution is 5.94. The van der Waals surface area contributed by atoms with Gasteiger partial charge in [-0.15, -0.1) is 0 Å². The first kappa shape index (κ1) is 17.5. The fraction of sp³-hybridized carbons (Fsp3) is 0.350. The van der Waals surface area contributed by atoms with Crippen molar-refractivity contribution in [1.29, 1.82) is 0 Å². The van der Waals surface area contributed by atoms with Crippen molar-refractivity contribution in [2.45, 2.75) is 19.5 Å². The summed E-state index contributed by atoms with van der Waals surface area (Å²) in [6, 6.07) is 9.96. The van der Waals surface area contributed by atoms with Crippen LogP contribution in [0.2, 0.25) is 0 Å². The first-order valence-corrected chi connectivity index (χ1v) is 9.10. The number of anilines is 1. The normalized spacial score (nSPS) is 14.6. The van der Waals surface area contributed by atoms with Crippen LogP contribution in [0.3, 0.4) is 0 Å². The van der Waals surface area contributed by atoms with Crippen LogP contribution in [0, 0.1) is 6.92 Å². The van der Waals surface area contributed by atoms with Crippen molar-refractivity contribution in [2.75, 3.05) is 32.1 Å². The van der Waals surface area contributed by atoms with Crippen LogP contribution in [0.25, 0.3) is 5.52 Å². The molecule has 1 saturated heterocycles. The number of hydrogen-bond acceptors (Lipinski definition) is 5. The maximum absolute atomic E-state index is 12.6. The number of nitrogens with zero attached hydrogens (tertiary/aromatic N) is 5. The Labute approximate surface area is 158 Å². The standard InChI is InChI=1S/C20H24N6O/c1-14-9-18-19(21-7-8-26(18)23-14)25-12-17(13-25)22-20(27)16-6-4-5-15(10-16)11-24(2)3/h4-10,17H,11-13H2,1-3H3,(H,22,27). The van der Waals surface area contributed by atoms with Gasteiger partial charge in [0.25, 0.3) is 5.91 Å². The van der Waals surface area contributed by atoms with Crippen molar-refractivity contribution in [1.82, 2.24) is 24.8 Å². The molecule has 3 aromatic rings. The second-order valence-electron chi connectivity index (χ2n) is 7.38. The Morgan fingerprint density at radius 3 is 2.89 bits per heavy atom. The van der Waals surface area contributed by atoms with Crippen LogP contribution in [0.5, 0.6) is 0 Å². The van der Waals surface area contributed by atoms with Crippen LogP contribution < -0.4 is 10.2 Å². The molecule has 4 rings (SSSR count). The van der Waals surface area contributed by atoms with E-state index in [0.29, 0.717) is 5.56 Å². The zero-order chi connectivity index (χ0) is 19.0. The van der Waals surface area contributed by atoms with Gasteiger partial charge in [0.15, 0.2) is 5.82 Å². The third-order valence-corrected chi connectivity index (χ3v) is 4.70. The molecule has 7 nitrogen and oxygen atoms in total. The van der Waals surface area contributed by atoms with Crippen LogP contribution in [0.4, 0.5) is 5.82 Å². The van der Waals surface area contributed by atoms with E-state index in [4.69, 9.17) is 0 Å². The lowest BCUT2D eigenvalue weighted by Gasteiger charge is -2.40. The van der Waals surface area contributed by atoms with E-state index in [0.717, 1.165) is 42.2 Å². The van der Waals surface area contributed by atoms with Gasteiger partial charge in [-0.2, -0.15) is 5.10 Å². The Kier molecular flexibility index (Phi) is 4.53.